The molecule has 0 atom stereocenters. The third kappa shape index (κ3) is 2.73. The van der Waals surface area contributed by atoms with Crippen LogP contribution in [0.4, 0.5) is 0 Å². The van der Waals surface area contributed by atoms with Gasteiger partial charge in [0, 0.05) is 18.7 Å². The molecule has 2 heterocycles. The fraction of sp³-hybridized carbons (Fsp3) is 0.222. The van der Waals surface area contributed by atoms with Crippen molar-refractivity contribution in [2.45, 2.75) is 20.0 Å². The number of hydrogen-bond acceptors (Lipinski definition) is 5. The van der Waals surface area contributed by atoms with Crippen LogP contribution in [0.1, 0.15) is 22.8 Å². The Hall–Kier alpha value is -3.22. The average Bonchev–Trinajstić information content (AvgIpc) is 3.21. The summed E-state index contributed by atoms with van der Waals surface area (Å²) in [5, 5.41) is 2.86. The number of amides is 1. The predicted octanol–water partition coefficient (Wildman–Crippen LogP) is 2.27. The summed E-state index contributed by atoms with van der Waals surface area (Å²) in [5.41, 5.74) is 2.46. The first kappa shape index (κ1) is 15.3. The van der Waals surface area contributed by atoms with Crippen molar-refractivity contribution in [2.75, 3.05) is 6.79 Å². The van der Waals surface area contributed by atoms with E-state index in [9.17, 15) is 9.59 Å². The van der Waals surface area contributed by atoms with Crippen molar-refractivity contribution in [2.24, 2.45) is 0 Å². The number of rotatable bonds is 4. The molecule has 0 bridgehead atoms. The highest BCUT2D eigenvalue weighted by Crippen LogP contribution is 2.32. The first-order chi connectivity index (χ1) is 12.2. The van der Waals surface area contributed by atoms with Gasteiger partial charge in [-0.3, -0.25) is 9.36 Å². The Labute approximate surface area is 142 Å². The number of nitrogens with zero attached hydrogens (tertiary/aromatic N) is 1. The lowest BCUT2D eigenvalue weighted by Crippen LogP contribution is -2.22. The maximum Gasteiger partial charge on any atom is 0.419 e. The Morgan fingerprint density at radius 2 is 2.00 bits per heavy atom. The van der Waals surface area contributed by atoms with Crippen LogP contribution in [0.25, 0.3) is 11.1 Å². The van der Waals surface area contributed by atoms with E-state index in [1.807, 2.05) is 25.1 Å². The van der Waals surface area contributed by atoms with E-state index in [0.29, 0.717) is 41.3 Å². The lowest BCUT2D eigenvalue weighted by Gasteiger charge is -2.07. The standard InChI is InChI=1S/C18H16N2O5/c1-2-20-13-8-12(4-6-14(13)25-18(20)22)17(21)19-9-11-3-5-15-16(7-11)24-10-23-15/h3-8H,2,9-10H2,1H3,(H,19,21). The number of aryl methyl sites for hydroxylation is 1. The summed E-state index contributed by atoms with van der Waals surface area (Å²) in [6.45, 7) is 2.91. The number of hydrogen-bond donors (Lipinski definition) is 1. The van der Waals surface area contributed by atoms with Gasteiger partial charge in [-0.05, 0) is 42.8 Å². The Balaban J connectivity index is 1.53. The van der Waals surface area contributed by atoms with Crippen LogP contribution in [0.15, 0.2) is 45.6 Å². The molecule has 0 aliphatic carbocycles. The van der Waals surface area contributed by atoms with Crippen LogP contribution in [0.5, 0.6) is 11.5 Å². The number of benzene rings is 2. The molecule has 128 valence electrons. The van der Waals surface area contributed by atoms with E-state index in [1.165, 1.54) is 4.57 Å². The van der Waals surface area contributed by atoms with Crippen molar-refractivity contribution in [3.63, 3.8) is 0 Å². The van der Waals surface area contributed by atoms with Crippen LogP contribution in [-0.4, -0.2) is 17.3 Å². The highest BCUT2D eigenvalue weighted by molar-refractivity contribution is 5.97. The van der Waals surface area contributed by atoms with Gasteiger partial charge in [-0.15, -0.1) is 0 Å². The smallest absolute Gasteiger partial charge is 0.419 e. The molecule has 2 aromatic carbocycles. The molecule has 25 heavy (non-hydrogen) atoms. The van der Waals surface area contributed by atoms with Crippen LogP contribution in [0.2, 0.25) is 0 Å². The fourth-order valence-corrected chi connectivity index (χ4v) is 2.84. The Morgan fingerprint density at radius 3 is 2.84 bits per heavy atom. The molecule has 0 saturated carbocycles. The average molecular weight is 340 g/mol. The normalized spacial score (nSPS) is 12.5. The summed E-state index contributed by atoms with van der Waals surface area (Å²) < 4.78 is 17.2. The van der Waals surface area contributed by atoms with Crippen LogP contribution in [0.3, 0.4) is 0 Å². The second kappa shape index (κ2) is 6.01. The summed E-state index contributed by atoms with van der Waals surface area (Å²) in [4.78, 5) is 24.1. The van der Waals surface area contributed by atoms with E-state index in [2.05, 4.69) is 5.32 Å². The van der Waals surface area contributed by atoms with Crippen molar-refractivity contribution in [1.82, 2.24) is 9.88 Å². The minimum Gasteiger partial charge on any atom is -0.454 e. The summed E-state index contributed by atoms with van der Waals surface area (Å²) in [6, 6.07) is 10.5. The minimum atomic E-state index is -0.421. The van der Waals surface area contributed by atoms with Gasteiger partial charge in [-0.25, -0.2) is 4.79 Å². The number of aromatic nitrogens is 1. The summed E-state index contributed by atoms with van der Waals surface area (Å²) in [6.07, 6.45) is 0. The van der Waals surface area contributed by atoms with E-state index in [-0.39, 0.29) is 12.7 Å². The van der Waals surface area contributed by atoms with Gasteiger partial charge >= 0.3 is 5.76 Å². The summed E-state index contributed by atoms with van der Waals surface area (Å²) in [7, 11) is 0. The third-order valence-electron chi connectivity index (χ3n) is 4.14. The van der Waals surface area contributed by atoms with Crippen molar-refractivity contribution in [3.8, 4) is 11.5 Å². The first-order valence-corrected chi connectivity index (χ1v) is 7.96. The molecule has 7 heteroatoms. The van der Waals surface area contributed by atoms with E-state index >= 15 is 0 Å². The molecule has 7 nitrogen and oxygen atoms in total. The van der Waals surface area contributed by atoms with Gasteiger partial charge in [0.25, 0.3) is 5.91 Å². The maximum atomic E-state index is 12.4. The Kier molecular flexibility index (Phi) is 3.68. The zero-order chi connectivity index (χ0) is 17.4. The minimum absolute atomic E-state index is 0.217. The zero-order valence-electron chi connectivity index (χ0n) is 13.6. The first-order valence-electron chi connectivity index (χ1n) is 7.96. The van der Waals surface area contributed by atoms with Gasteiger partial charge in [0.05, 0.1) is 5.52 Å². The zero-order valence-corrected chi connectivity index (χ0v) is 13.6. The fourth-order valence-electron chi connectivity index (χ4n) is 2.84. The molecule has 0 saturated heterocycles. The van der Waals surface area contributed by atoms with E-state index in [1.54, 1.807) is 18.2 Å². The molecule has 1 aliphatic heterocycles. The molecule has 0 spiro atoms. The number of fused-ring (bicyclic) bond motifs is 2. The van der Waals surface area contributed by atoms with Crippen LogP contribution < -0.4 is 20.5 Å². The third-order valence-corrected chi connectivity index (χ3v) is 4.14. The SMILES string of the molecule is CCn1c(=O)oc2ccc(C(=O)NCc3ccc4c(c3)OCO4)cc21. The molecule has 0 radical (unpaired) electrons. The van der Waals surface area contributed by atoms with Crippen molar-refractivity contribution in [1.29, 1.82) is 0 Å². The second-order valence-corrected chi connectivity index (χ2v) is 5.67. The molecular formula is C18H16N2O5. The summed E-state index contributed by atoms with van der Waals surface area (Å²) in [5.74, 6) is 0.739. The predicted molar refractivity (Wildman–Crippen MR) is 89.9 cm³/mol. The number of ether oxygens (including phenoxy) is 2. The number of carbonyl (C=O) groups is 1. The van der Waals surface area contributed by atoms with E-state index in [4.69, 9.17) is 13.9 Å². The Bertz CT molecular complexity index is 1020. The molecule has 0 fully saturated rings. The second-order valence-electron chi connectivity index (χ2n) is 5.67. The largest absolute Gasteiger partial charge is 0.454 e. The van der Waals surface area contributed by atoms with Crippen molar-refractivity contribution >= 4 is 17.0 Å². The van der Waals surface area contributed by atoms with Gasteiger partial charge in [0.15, 0.2) is 17.1 Å². The number of carbonyl (C=O) groups excluding carboxylic acids is 1. The van der Waals surface area contributed by atoms with E-state index < -0.39 is 5.76 Å². The Morgan fingerprint density at radius 1 is 1.16 bits per heavy atom. The van der Waals surface area contributed by atoms with Crippen LogP contribution in [-0.2, 0) is 13.1 Å². The lowest BCUT2D eigenvalue weighted by atomic mass is 10.1. The van der Waals surface area contributed by atoms with Gasteiger partial charge in [-0.2, -0.15) is 0 Å². The van der Waals surface area contributed by atoms with Crippen molar-refractivity contribution < 1.29 is 18.7 Å². The van der Waals surface area contributed by atoms with Gasteiger partial charge in [-0.1, -0.05) is 6.07 Å². The van der Waals surface area contributed by atoms with Gasteiger partial charge < -0.3 is 19.2 Å². The highest BCUT2D eigenvalue weighted by atomic mass is 16.7. The van der Waals surface area contributed by atoms with Crippen LogP contribution in [0, 0.1) is 0 Å². The molecule has 0 unspecified atom stereocenters. The topological polar surface area (TPSA) is 82.7 Å². The van der Waals surface area contributed by atoms with Gasteiger partial charge in [0.2, 0.25) is 6.79 Å². The quantitative estimate of drug-likeness (QED) is 0.788. The number of nitrogens with one attached hydrogen (secondary N) is 1. The molecule has 4 rings (SSSR count). The van der Waals surface area contributed by atoms with E-state index in [0.717, 1.165) is 5.56 Å². The molecule has 1 amide bonds. The van der Waals surface area contributed by atoms with Crippen molar-refractivity contribution in [3.05, 3.63) is 58.1 Å². The number of oxazole rings is 1. The molecule has 3 aromatic rings. The lowest BCUT2D eigenvalue weighted by molar-refractivity contribution is 0.0951. The molecule has 1 aliphatic rings. The monoisotopic (exact) mass is 340 g/mol. The maximum absolute atomic E-state index is 12.4. The molecule has 1 N–H and O–H groups in total. The highest BCUT2D eigenvalue weighted by Gasteiger charge is 2.15. The van der Waals surface area contributed by atoms with Crippen LogP contribution >= 0.6 is 0 Å². The molecule has 1 aromatic heterocycles. The molecular weight excluding hydrogens is 324 g/mol. The summed E-state index contributed by atoms with van der Waals surface area (Å²) >= 11 is 0. The van der Waals surface area contributed by atoms with Gasteiger partial charge in [0.1, 0.15) is 0 Å².